The molecule has 170 valence electrons. The minimum absolute atomic E-state index is 0.244. The normalized spacial score (nSPS) is 15.3. The fourth-order valence-electron chi connectivity index (χ4n) is 3.42. The minimum Gasteiger partial charge on any atom is -0.452 e. The Balaban J connectivity index is 1.53. The number of benzene rings is 2. The van der Waals surface area contributed by atoms with Crippen molar-refractivity contribution in [3.63, 3.8) is 0 Å². The van der Waals surface area contributed by atoms with Crippen molar-refractivity contribution < 1.29 is 22.7 Å². The Hall–Kier alpha value is -2.97. The molecule has 0 radical (unpaired) electrons. The molecule has 0 N–H and O–H groups in total. The summed E-state index contributed by atoms with van der Waals surface area (Å²) >= 11 is 0. The van der Waals surface area contributed by atoms with Crippen LogP contribution in [0.15, 0.2) is 65.6 Å². The van der Waals surface area contributed by atoms with E-state index in [0.29, 0.717) is 24.3 Å². The van der Waals surface area contributed by atoms with E-state index in [1.54, 1.807) is 47.8 Å². The van der Waals surface area contributed by atoms with E-state index in [2.05, 4.69) is 0 Å². The molecule has 32 heavy (non-hydrogen) atoms. The molecule has 1 amide bonds. The van der Waals surface area contributed by atoms with Gasteiger partial charge in [-0.1, -0.05) is 43.2 Å². The Labute approximate surface area is 189 Å². The molecule has 1 fully saturated rings. The molecule has 3 rings (SSSR count). The standard InChI is InChI=1S/C24H28N2O5S/c1-25(21-9-5-4-6-10-21)23(27)19-31-24(28)16-13-20-11-14-22(15-12-20)32(29,30)26-17-7-2-3-8-18-26/h4-6,9-16H,2-3,7-8,17-19H2,1H3/b16-13+. The van der Waals surface area contributed by atoms with E-state index >= 15 is 0 Å². The summed E-state index contributed by atoms with van der Waals surface area (Å²) in [6.45, 7) is 0.726. The first-order chi connectivity index (χ1) is 15.4. The lowest BCUT2D eigenvalue weighted by Gasteiger charge is -2.19. The lowest BCUT2D eigenvalue weighted by Crippen LogP contribution is -2.31. The van der Waals surface area contributed by atoms with E-state index in [0.717, 1.165) is 25.7 Å². The molecule has 1 heterocycles. The van der Waals surface area contributed by atoms with Gasteiger partial charge in [-0.05, 0) is 48.7 Å². The molecule has 0 aromatic heterocycles. The van der Waals surface area contributed by atoms with Crippen molar-refractivity contribution in [3.05, 3.63) is 66.2 Å². The Morgan fingerprint density at radius 3 is 2.22 bits per heavy atom. The maximum Gasteiger partial charge on any atom is 0.331 e. The predicted molar refractivity (Wildman–Crippen MR) is 124 cm³/mol. The maximum atomic E-state index is 12.8. The van der Waals surface area contributed by atoms with Crippen LogP contribution in [-0.4, -0.2) is 51.3 Å². The maximum absolute atomic E-state index is 12.8. The number of amides is 1. The van der Waals surface area contributed by atoms with Crippen molar-refractivity contribution in [3.8, 4) is 0 Å². The first-order valence-corrected chi connectivity index (χ1v) is 12.1. The van der Waals surface area contributed by atoms with Crippen molar-refractivity contribution in [2.75, 3.05) is 31.6 Å². The lowest BCUT2D eigenvalue weighted by molar-refractivity contribution is -0.142. The number of esters is 1. The summed E-state index contributed by atoms with van der Waals surface area (Å²) in [5.74, 6) is -0.998. The number of sulfonamides is 1. The second kappa shape index (κ2) is 11.1. The predicted octanol–water partition coefficient (Wildman–Crippen LogP) is 3.47. The van der Waals surface area contributed by atoms with E-state index in [-0.39, 0.29) is 17.4 Å². The van der Waals surface area contributed by atoms with Gasteiger partial charge in [-0.2, -0.15) is 4.31 Å². The second-order valence-electron chi connectivity index (χ2n) is 7.62. The van der Waals surface area contributed by atoms with Crippen molar-refractivity contribution in [1.29, 1.82) is 0 Å². The van der Waals surface area contributed by atoms with Gasteiger partial charge < -0.3 is 9.64 Å². The summed E-state index contributed by atoms with van der Waals surface area (Å²) < 4.78 is 32.2. The number of nitrogens with zero attached hydrogens (tertiary/aromatic N) is 2. The van der Waals surface area contributed by atoms with Gasteiger partial charge in [0.15, 0.2) is 6.61 Å². The van der Waals surface area contributed by atoms with Gasteiger partial charge in [0.1, 0.15) is 0 Å². The lowest BCUT2D eigenvalue weighted by atomic mass is 10.2. The zero-order valence-electron chi connectivity index (χ0n) is 18.1. The molecule has 0 aliphatic carbocycles. The number of hydrogen-bond donors (Lipinski definition) is 0. The molecule has 2 aromatic rings. The number of rotatable bonds is 7. The summed E-state index contributed by atoms with van der Waals surface area (Å²) in [6, 6.07) is 15.4. The van der Waals surface area contributed by atoms with Crippen molar-refractivity contribution in [2.45, 2.75) is 30.6 Å². The molecule has 7 nitrogen and oxygen atoms in total. The molecular formula is C24H28N2O5S. The van der Waals surface area contributed by atoms with E-state index in [1.807, 2.05) is 18.2 Å². The van der Waals surface area contributed by atoms with Gasteiger partial charge in [-0.25, -0.2) is 13.2 Å². The number of carbonyl (C=O) groups excluding carboxylic acids is 2. The van der Waals surface area contributed by atoms with Crippen LogP contribution in [0, 0.1) is 0 Å². The largest absolute Gasteiger partial charge is 0.452 e. The molecule has 0 unspecified atom stereocenters. The van der Waals surface area contributed by atoms with Crippen LogP contribution in [0.3, 0.4) is 0 Å². The minimum atomic E-state index is -3.51. The first kappa shape index (κ1) is 23.7. The van der Waals surface area contributed by atoms with Crippen LogP contribution in [0.5, 0.6) is 0 Å². The molecule has 0 bridgehead atoms. The first-order valence-electron chi connectivity index (χ1n) is 10.6. The van der Waals surface area contributed by atoms with Crippen LogP contribution in [0.2, 0.25) is 0 Å². The van der Waals surface area contributed by atoms with Gasteiger partial charge in [0.05, 0.1) is 4.90 Å². The highest BCUT2D eigenvalue weighted by molar-refractivity contribution is 7.89. The summed E-state index contributed by atoms with van der Waals surface area (Å²) in [7, 11) is -1.89. The quantitative estimate of drug-likeness (QED) is 0.471. The molecule has 0 saturated carbocycles. The van der Waals surface area contributed by atoms with Gasteiger partial charge in [0.25, 0.3) is 5.91 Å². The molecule has 0 spiro atoms. The molecule has 1 aliphatic heterocycles. The SMILES string of the molecule is CN(C(=O)COC(=O)/C=C/c1ccc(S(=O)(=O)N2CCCCCC2)cc1)c1ccccc1. The van der Waals surface area contributed by atoms with Gasteiger partial charge in [-0.15, -0.1) is 0 Å². The summed E-state index contributed by atoms with van der Waals surface area (Å²) in [5.41, 5.74) is 1.36. The third kappa shape index (κ3) is 6.27. The number of anilines is 1. The fourth-order valence-corrected chi connectivity index (χ4v) is 4.94. The highest BCUT2D eigenvalue weighted by Crippen LogP contribution is 2.21. The number of para-hydroxylation sites is 1. The Morgan fingerprint density at radius 1 is 0.969 bits per heavy atom. The molecule has 8 heteroatoms. The van der Waals surface area contributed by atoms with E-state index in [9.17, 15) is 18.0 Å². The molecule has 2 aromatic carbocycles. The summed E-state index contributed by atoms with van der Waals surface area (Å²) in [4.78, 5) is 25.8. The zero-order chi connectivity index (χ0) is 23.0. The van der Waals surface area contributed by atoms with Gasteiger partial charge in [0, 0.05) is 31.9 Å². The summed E-state index contributed by atoms with van der Waals surface area (Å²) in [6.07, 6.45) is 6.61. The van der Waals surface area contributed by atoms with Crippen molar-refractivity contribution >= 4 is 33.7 Å². The Morgan fingerprint density at radius 2 is 1.59 bits per heavy atom. The van der Waals surface area contributed by atoms with Gasteiger partial charge in [-0.3, -0.25) is 4.79 Å². The van der Waals surface area contributed by atoms with E-state index < -0.39 is 16.0 Å². The zero-order valence-corrected chi connectivity index (χ0v) is 19.0. The molecular weight excluding hydrogens is 428 g/mol. The highest BCUT2D eigenvalue weighted by Gasteiger charge is 2.24. The third-order valence-electron chi connectivity index (χ3n) is 5.35. The van der Waals surface area contributed by atoms with Gasteiger partial charge in [0.2, 0.25) is 10.0 Å². The number of ether oxygens (including phenoxy) is 1. The second-order valence-corrected chi connectivity index (χ2v) is 9.55. The van der Waals surface area contributed by atoms with Crippen LogP contribution < -0.4 is 4.90 Å². The summed E-state index contributed by atoms with van der Waals surface area (Å²) in [5, 5.41) is 0. The molecule has 1 aliphatic rings. The third-order valence-corrected chi connectivity index (χ3v) is 7.26. The van der Waals surface area contributed by atoms with Crippen LogP contribution in [0.25, 0.3) is 6.08 Å². The van der Waals surface area contributed by atoms with Crippen molar-refractivity contribution in [2.24, 2.45) is 0 Å². The van der Waals surface area contributed by atoms with Crippen LogP contribution in [0.4, 0.5) is 5.69 Å². The van der Waals surface area contributed by atoms with E-state index in [1.165, 1.54) is 17.1 Å². The van der Waals surface area contributed by atoms with Crippen molar-refractivity contribution in [1.82, 2.24) is 4.31 Å². The van der Waals surface area contributed by atoms with Gasteiger partial charge >= 0.3 is 5.97 Å². The monoisotopic (exact) mass is 456 g/mol. The number of likely N-dealkylation sites (N-methyl/N-ethyl adjacent to an activating group) is 1. The van der Waals surface area contributed by atoms with E-state index in [4.69, 9.17) is 4.74 Å². The Bertz CT molecular complexity index is 1040. The highest BCUT2D eigenvalue weighted by atomic mass is 32.2. The van der Waals surface area contributed by atoms with Crippen LogP contribution >= 0.6 is 0 Å². The topological polar surface area (TPSA) is 84.0 Å². The number of carbonyl (C=O) groups is 2. The smallest absolute Gasteiger partial charge is 0.331 e. The van der Waals surface area contributed by atoms with Crippen LogP contribution in [0.1, 0.15) is 31.2 Å². The fraction of sp³-hybridized carbons (Fsp3) is 0.333. The number of hydrogen-bond acceptors (Lipinski definition) is 5. The molecule has 0 atom stereocenters. The molecule has 1 saturated heterocycles. The Kier molecular flexibility index (Phi) is 8.19. The average molecular weight is 457 g/mol. The average Bonchev–Trinajstić information content (AvgIpc) is 3.12. The van der Waals surface area contributed by atoms with Crippen LogP contribution in [-0.2, 0) is 24.3 Å².